The van der Waals surface area contributed by atoms with Crippen molar-refractivity contribution in [3.63, 3.8) is 0 Å². The number of hydrogen-bond donors (Lipinski definition) is 2. The number of hydrogen-bond acceptors (Lipinski definition) is 3. The molecule has 0 bridgehead atoms. The molecule has 0 saturated heterocycles. The van der Waals surface area contributed by atoms with Crippen molar-refractivity contribution in [1.82, 2.24) is 5.32 Å². The topological polar surface area (TPSA) is 59.6 Å². The summed E-state index contributed by atoms with van der Waals surface area (Å²) in [5.41, 5.74) is 1.82. The Balaban J connectivity index is 1.80. The summed E-state index contributed by atoms with van der Waals surface area (Å²) in [5, 5.41) is 5.68. The molecule has 0 radical (unpaired) electrons. The van der Waals surface area contributed by atoms with Gasteiger partial charge in [0.05, 0.1) is 19.4 Å². The minimum absolute atomic E-state index is 0.240. The summed E-state index contributed by atoms with van der Waals surface area (Å²) in [5.74, 6) is 1.51. The smallest absolute Gasteiger partial charge is 0.319 e. The zero-order valence-corrected chi connectivity index (χ0v) is 14.2. The number of methoxy groups -OCH3 is 1. The van der Waals surface area contributed by atoms with Crippen molar-refractivity contribution < 1.29 is 14.3 Å². The van der Waals surface area contributed by atoms with Crippen molar-refractivity contribution in [1.29, 1.82) is 0 Å². The Morgan fingerprint density at radius 3 is 2.54 bits per heavy atom. The fraction of sp³-hybridized carbons (Fsp3) is 0.316. The maximum absolute atomic E-state index is 12.0. The number of rotatable bonds is 8. The average molecular weight is 328 g/mol. The van der Waals surface area contributed by atoms with E-state index in [4.69, 9.17) is 9.47 Å². The Morgan fingerprint density at radius 1 is 1.08 bits per heavy atom. The number of carbonyl (C=O) groups is 1. The lowest BCUT2D eigenvalue weighted by Crippen LogP contribution is -2.30. The number of nitrogens with one attached hydrogen (secondary N) is 2. The summed E-state index contributed by atoms with van der Waals surface area (Å²) in [6.45, 7) is 3.22. The highest BCUT2D eigenvalue weighted by molar-refractivity contribution is 5.90. The zero-order valence-electron chi connectivity index (χ0n) is 14.2. The monoisotopic (exact) mass is 328 g/mol. The molecule has 2 aromatic carbocycles. The number of ether oxygens (including phenoxy) is 2. The summed E-state index contributed by atoms with van der Waals surface area (Å²) in [6, 6.07) is 15.0. The first-order valence-electron chi connectivity index (χ1n) is 8.12. The van der Waals surface area contributed by atoms with Crippen LogP contribution < -0.4 is 20.1 Å². The highest BCUT2D eigenvalue weighted by Gasteiger charge is 2.06. The van der Waals surface area contributed by atoms with Crippen molar-refractivity contribution in [2.45, 2.75) is 19.8 Å². The van der Waals surface area contributed by atoms with E-state index in [1.165, 1.54) is 0 Å². The molecule has 0 spiro atoms. The van der Waals surface area contributed by atoms with E-state index in [9.17, 15) is 4.79 Å². The van der Waals surface area contributed by atoms with E-state index in [1.54, 1.807) is 7.11 Å². The molecule has 0 heterocycles. The molecular formula is C19H24N2O3. The van der Waals surface area contributed by atoms with E-state index >= 15 is 0 Å². The fourth-order valence-corrected chi connectivity index (χ4v) is 2.19. The molecule has 0 fully saturated rings. The zero-order chi connectivity index (χ0) is 17.2. The third-order valence-corrected chi connectivity index (χ3v) is 3.46. The van der Waals surface area contributed by atoms with Crippen LogP contribution >= 0.6 is 0 Å². The quantitative estimate of drug-likeness (QED) is 0.774. The van der Waals surface area contributed by atoms with Crippen molar-refractivity contribution >= 4 is 11.7 Å². The van der Waals surface area contributed by atoms with Gasteiger partial charge in [-0.15, -0.1) is 0 Å². The molecule has 0 aromatic heterocycles. The molecule has 24 heavy (non-hydrogen) atoms. The second-order valence-electron chi connectivity index (χ2n) is 5.32. The van der Waals surface area contributed by atoms with Gasteiger partial charge >= 0.3 is 6.03 Å². The summed E-state index contributed by atoms with van der Waals surface area (Å²) in [6.07, 6.45) is 1.67. The molecule has 2 N–H and O–H groups in total. The van der Waals surface area contributed by atoms with Crippen LogP contribution in [0.5, 0.6) is 11.5 Å². The van der Waals surface area contributed by atoms with Crippen LogP contribution in [0, 0.1) is 0 Å². The second-order valence-corrected chi connectivity index (χ2v) is 5.32. The highest BCUT2D eigenvalue weighted by atomic mass is 16.5. The summed E-state index contributed by atoms with van der Waals surface area (Å²) >= 11 is 0. The minimum atomic E-state index is -0.240. The third-order valence-electron chi connectivity index (χ3n) is 3.46. The van der Waals surface area contributed by atoms with Gasteiger partial charge in [0.25, 0.3) is 0 Å². The third kappa shape index (κ3) is 5.50. The van der Waals surface area contributed by atoms with Gasteiger partial charge in [-0.3, -0.25) is 0 Å². The number of urea groups is 1. The van der Waals surface area contributed by atoms with Crippen LogP contribution in [0.2, 0.25) is 0 Å². The molecule has 0 unspecified atom stereocenters. The summed E-state index contributed by atoms with van der Waals surface area (Å²) < 4.78 is 10.8. The van der Waals surface area contributed by atoms with E-state index < -0.39 is 0 Å². The number of carbonyl (C=O) groups excluding carboxylic acids is 1. The van der Waals surface area contributed by atoms with E-state index in [0.29, 0.717) is 24.6 Å². The molecule has 0 aliphatic heterocycles. The summed E-state index contributed by atoms with van der Waals surface area (Å²) in [4.78, 5) is 12.0. The number of amides is 2. The molecule has 0 atom stereocenters. The molecule has 2 amide bonds. The van der Waals surface area contributed by atoms with Crippen LogP contribution in [0.3, 0.4) is 0 Å². The van der Waals surface area contributed by atoms with Gasteiger partial charge in [-0.05, 0) is 42.7 Å². The van der Waals surface area contributed by atoms with Crippen molar-refractivity contribution in [2.24, 2.45) is 0 Å². The molecule has 0 aliphatic carbocycles. The second kappa shape index (κ2) is 9.45. The SMILES string of the molecule is CCCOc1ccccc1NC(=O)NCCc1ccc(OC)cc1. The molecule has 2 aromatic rings. The Morgan fingerprint density at radius 2 is 1.83 bits per heavy atom. The largest absolute Gasteiger partial charge is 0.497 e. The van der Waals surface area contributed by atoms with Crippen LogP contribution in [0.1, 0.15) is 18.9 Å². The first-order valence-corrected chi connectivity index (χ1v) is 8.12. The maximum atomic E-state index is 12.0. The number of anilines is 1. The van der Waals surface area contributed by atoms with Crippen LogP contribution in [-0.4, -0.2) is 26.3 Å². The van der Waals surface area contributed by atoms with Crippen LogP contribution in [0.25, 0.3) is 0 Å². The van der Waals surface area contributed by atoms with E-state index in [-0.39, 0.29) is 6.03 Å². The lowest BCUT2D eigenvalue weighted by molar-refractivity contribution is 0.252. The molecule has 2 rings (SSSR count). The Hall–Kier alpha value is -2.69. The number of para-hydroxylation sites is 2. The maximum Gasteiger partial charge on any atom is 0.319 e. The van der Waals surface area contributed by atoms with E-state index in [0.717, 1.165) is 24.2 Å². The first kappa shape index (κ1) is 17.7. The molecule has 5 nitrogen and oxygen atoms in total. The van der Waals surface area contributed by atoms with Gasteiger partial charge < -0.3 is 20.1 Å². The Bertz CT molecular complexity index is 641. The van der Waals surface area contributed by atoms with Gasteiger partial charge in [0.2, 0.25) is 0 Å². The molecule has 0 saturated carbocycles. The number of benzene rings is 2. The lowest BCUT2D eigenvalue weighted by atomic mass is 10.1. The predicted molar refractivity (Wildman–Crippen MR) is 95.9 cm³/mol. The fourth-order valence-electron chi connectivity index (χ4n) is 2.19. The van der Waals surface area contributed by atoms with Gasteiger partial charge in [-0.2, -0.15) is 0 Å². The minimum Gasteiger partial charge on any atom is -0.497 e. The van der Waals surface area contributed by atoms with E-state index in [2.05, 4.69) is 10.6 Å². The van der Waals surface area contributed by atoms with Gasteiger partial charge in [0, 0.05) is 6.54 Å². The standard InChI is InChI=1S/C19H24N2O3/c1-3-14-24-18-7-5-4-6-17(18)21-19(22)20-13-12-15-8-10-16(23-2)11-9-15/h4-11H,3,12-14H2,1-2H3,(H2,20,21,22). The van der Waals surface area contributed by atoms with Gasteiger partial charge in [-0.1, -0.05) is 31.2 Å². The molecule has 5 heteroatoms. The van der Waals surface area contributed by atoms with Crippen molar-refractivity contribution in [3.05, 3.63) is 54.1 Å². The van der Waals surface area contributed by atoms with Crippen molar-refractivity contribution in [3.8, 4) is 11.5 Å². The first-order chi connectivity index (χ1) is 11.7. The van der Waals surface area contributed by atoms with Crippen LogP contribution in [-0.2, 0) is 6.42 Å². The van der Waals surface area contributed by atoms with E-state index in [1.807, 2.05) is 55.5 Å². The predicted octanol–water partition coefficient (Wildman–Crippen LogP) is 3.85. The average Bonchev–Trinajstić information content (AvgIpc) is 2.61. The molecule has 128 valence electrons. The molecular weight excluding hydrogens is 304 g/mol. The lowest BCUT2D eigenvalue weighted by Gasteiger charge is -2.12. The normalized spacial score (nSPS) is 10.1. The van der Waals surface area contributed by atoms with Crippen molar-refractivity contribution in [2.75, 3.05) is 25.6 Å². The van der Waals surface area contributed by atoms with Gasteiger partial charge in [-0.25, -0.2) is 4.79 Å². The van der Waals surface area contributed by atoms with Crippen LogP contribution in [0.4, 0.5) is 10.5 Å². The van der Waals surface area contributed by atoms with Crippen LogP contribution in [0.15, 0.2) is 48.5 Å². The summed E-state index contributed by atoms with van der Waals surface area (Å²) in [7, 11) is 1.64. The van der Waals surface area contributed by atoms with Gasteiger partial charge in [0.15, 0.2) is 0 Å². The Kier molecular flexibility index (Phi) is 6.95. The van der Waals surface area contributed by atoms with Gasteiger partial charge in [0.1, 0.15) is 11.5 Å². The molecule has 0 aliphatic rings. The Labute approximate surface area is 143 Å². The highest BCUT2D eigenvalue weighted by Crippen LogP contribution is 2.23.